The molecule has 0 unspecified atom stereocenters. The van der Waals surface area contributed by atoms with Crippen LogP contribution in [0, 0.1) is 11.7 Å². The van der Waals surface area contributed by atoms with E-state index in [4.69, 9.17) is 0 Å². The maximum absolute atomic E-state index is 12.7. The monoisotopic (exact) mass is 282 g/mol. The number of hydrogen-bond donors (Lipinski definition) is 2. The van der Waals surface area contributed by atoms with E-state index in [0.29, 0.717) is 5.69 Å². The quantitative estimate of drug-likeness (QED) is 0.885. The number of hydrogen-bond acceptors (Lipinski definition) is 4. The molecule has 7 heteroatoms. The molecule has 0 saturated carbocycles. The van der Waals surface area contributed by atoms with Gasteiger partial charge >= 0.3 is 0 Å². The maximum atomic E-state index is 12.7. The van der Waals surface area contributed by atoms with E-state index in [1.54, 1.807) is 6.92 Å². The van der Waals surface area contributed by atoms with Gasteiger partial charge in [-0.3, -0.25) is 19.7 Å². The zero-order valence-electron chi connectivity index (χ0n) is 9.98. The Morgan fingerprint density at radius 1 is 1.37 bits per heavy atom. The zero-order chi connectivity index (χ0) is 14.0. The summed E-state index contributed by atoms with van der Waals surface area (Å²) in [6.45, 7) is 1.56. The smallest absolute Gasteiger partial charge is 0.286 e. The minimum atomic E-state index is -0.729. The fraction of sp³-hybridized carbons (Fsp3) is 0.250. The first-order valence-electron chi connectivity index (χ1n) is 5.55. The van der Waals surface area contributed by atoms with Crippen LogP contribution in [0.4, 0.5) is 14.9 Å². The standard InChI is InChI=1S/C12H11FN2O3S/c1-6(9-11(17)15-12(18)19-9)10(16)14-8-4-2-7(13)3-5-8/h2-6,9H,1H3,(H,14,16)(H,15,17,18)/t6-,9+/m1/s1. The van der Waals surface area contributed by atoms with E-state index >= 15 is 0 Å². The van der Waals surface area contributed by atoms with Gasteiger partial charge in [-0.25, -0.2) is 4.39 Å². The van der Waals surface area contributed by atoms with Gasteiger partial charge in [-0.2, -0.15) is 0 Å². The summed E-state index contributed by atoms with van der Waals surface area (Å²) in [5.41, 5.74) is 0.438. The molecule has 0 aliphatic carbocycles. The summed E-state index contributed by atoms with van der Waals surface area (Å²) >= 11 is 0.803. The molecule has 1 heterocycles. The second-order valence-electron chi connectivity index (χ2n) is 4.10. The van der Waals surface area contributed by atoms with Gasteiger partial charge in [-0.1, -0.05) is 18.7 Å². The average Bonchev–Trinajstić information content (AvgIpc) is 2.70. The molecule has 1 saturated heterocycles. The van der Waals surface area contributed by atoms with Crippen LogP contribution in [-0.4, -0.2) is 22.3 Å². The van der Waals surface area contributed by atoms with Crippen LogP contribution in [0.25, 0.3) is 0 Å². The predicted octanol–water partition coefficient (Wildman–Crippen LogP) is 1.75. The second-order valence-corrected chi connectivity index (χ2v) is 5.21. The maximum Gasteiger partial charge on any atom is 0.286 e. The zero-order valence-corrected chi connectivity index (χ0v) is 10.8. The second kappa shape index (κ2) is 5.40. The molecule has 1 aliphatic heterocycles. The fourth-order valence-corrected chi connectivity index (χ4v) is 2.51. The first-order chi connectivity index (χ1) is 8.97. The van der Waals surface area contributed by atoms with E-state index in [1.807, 2.05) is 0 Å². The number of anilines is 1. The van der Waals surface area contributed by atoms with Crippen molar-refractivity contribution in [2.45, 2.75) is 12.2 Å². The van der Waals surface area contributed by atoms with Gasteiger partial charge < -0.3 is 5.32 Å². The molecule has 3 amide bonds. The van der Waals surface area contributed by atoms with Crippen molar-refractivity contribution in [3.63, 3.8) is 0 Å². The van der Waals surface area contributed by atoms with E-state index in [0.717, 1.165) is 11.8 Å². The molecule has 100 valence electrons. The number of carbonyl (C=O) groups excluding carboxylic acids is 3. The third kappa shape index (κ3) is 3.11. The Morgan fingerprint density at radius 3 is 2.53 bits per heavy atom. The Balaban J connectivity index is 2.01. The average molecular weight is 282 g/mol. The molecule has 0 aromatic heterocycles. The number of carbonyl (C=O) groups is 3. The lowest BCUT2D eigenvalue weighted by Crippen LogP contribution is -2.35. The van der Waals surface area contributed by atoms with Crippen LogP contribution >= 0.6 is 11.8 Å². The molecule has 1 aliphatic rings. The summed E-state index contributed by atoms with van der Waals surface area (Å²) in [6.07, 6.45) is 0. The number of nitrogens with one attached hydrogen (secondary N) is 2. The number of rotatable bonds is 3. The highest BCUT2D eigenvalue weighted by atomic mass is 32.2. The van der Waals surface area contributed by atoms with Crippen molar-refractivity contribution in [3.05, 3.63) is 30.1 Å². The number of benzene rings is 1. The Kier molecular flexibility index (Phi) is 3.84. The van der Waals surface area contributed by atoms with Crippen LogP contribution in [-0.2, 0) is 9.59 Å². The van der Waals surface area contributed by atoms with Crippen LogP contribution in [0.15, 0.2) is 24.3 Å². The summed E-state index contributed by atoms with van der Waals surface area (Å²) in [7, 11) is 0. The Bertz CT molecular complexity index is 532. The Hall–Kier alpha value is -1.89. The van der Waals surface area contributed by atoms with Gasteiger partial charge in [-0.05, 0) is 24.3 Å². The van der Waals surface area contributed by atoms with Crippen LogP contribution in [0.3, 0.4) is 0 Å². The summed E-state index contributed by atoms with van der Waals surface area (Å²) in [5, 5.41) is 3.52. The molecule has 1 fully saturated rings. The number of amides is 3. The number of imide groups is 1. The molecule has 2 N–H and O–H groups in total. The third-order valence-corrected chi connectivity index (χ3v) is 3.89. The van der Waals surface area contributed by atoms with Gasteiger partial charge in [0.15, 0.2) is 0 Å². The topological polar surface area (TPSA) is 75.3 Å². The van der Waals surface area contributed by atoms with E-state index in [9.17, 15) is 18.8 Å². The highest BCUT2D eigenvalue weighted by molar-refractivity contribution is 8.15. The van der Waals surface area contributed by atoms with Crippen molar-refractivity contribution < 1.29 is 18.8 Å². The van der Waals surface area contributed by atoms with Gasteiger partial charge in [0.25, 0.3) is 5.24 Å². The van der Waals surface area contributed by atoms with Crippen molar-refractivity contribution in [1.29, 1.82) is 0 Å². The lowest BCUT2D eigenvalue weighted by atomic mass is 10.1. The van der Waals surface area contributed by atoms with Gasteiger partial charge in [0.1, 0.15) is 11.1 Å². The summed E-state index contributed by atoms with van der Waals surface area (Å²) < 4.78 is 12.7. The lowest BCUT2D eigenvalue weighted by molar-refractivity contribution is -0.125. The molecule has 0 bridgehead atoms. The SMILES string of the molecule is C[C@@H](C(=O)Nc1ccc(F)cc1)[C@@H]1SC(=O)NC1=O. The molecule has 2 rings (SSSR count). The largest absolute Gasteiger partial charge is 0.326 e. The fourth-order valence-electron chi connectivity index (χ4n) is 1.63. The minimum absolute atomic E-state index is 0.394. The predicted molar refractivity (Wildman–Crippen MR) is 69.1 cm³/mol. The van der Waals surface area contributed by atoms with Gasteiger partial charge in [0.05, 0.1) is 5.92 Å². The van der Waals surface area contributed by atoms with Crippen LogP contribution in [0.2, 0.25) is 0 Å². The summed E-state index contributed by atoms with van der Waals surface area (Å²) in [5.74, 6) is -1.92. The lowest BCUT2D eigenvalue weighted by Gasteiger charge is -2.15. The first kappa shape index (κ1) is 13.5. The first-order valence-corrected chi connectivity index (χ1v) is 6.43. The minimum Gasteiger partial charge on any atom is -0.326 e. The molecule has 0 radical (unpaired) electrons. The molecular weight excluding hydrogens is 271 g/mol. The number of halogens is 1. The molecule has 5 nitrogen and oxygen atoms in total. The summed E-state index contributed by atoms with van der Waals surface area (Å²) in [6, 6.07) is 5.29. The molecule has 2 atom stereocenters. The van der Waals surface area contributed by atoms with E-state index in [1.165, 1.54) is 24.3 Å². The molecule has 0 spiro atoms. The Morgan fingerprint density at radius 2 is 2.00 bits per heavy atom. The van der Waals surface area contributed by atoms with E-state index in [-0.39, 0.29) is 0 Å². The van der Waals surface area contributed by atoms with Crippen LogP contribution < -0.4 is 10.6 Å². The van der Waals surface area contributed by atoms with E-state index in [2.05, 4.69) is 10.6 Å². The summed E-state index contributed by atoms with van der Waals surface area (Å²) in [4.78, 5) is 34.4. The molecular formula is C12H11FN2O3S. The van der Waals surface area contributed by atoms with Crippen molar-refractivity contribution in [2.24, 2.45) is 5.92 Å². The van der Waals surface area contributed by atoms with Gasteiger partial charge in [0.2, 0.25) is 11.8 Å². The molecule has 1 aromatic carbocycles. The third-order valence-electron chi connectivity index (χ3n) is 2.70. The van der Waals surface area contributed by atoms with Crippen LogP contribution in [0.5, 0.6) is 0 Å². The van der Waals surface area contributed by atoms with Crippen molar-refractivity contribution in [2.75, 3.05) is 5.32 Å². The van der Waals surface area contributed by atoms with E-state index < -0.39 is 34.0 Å². The van der Waals surface area contributed by atoms with Gasteiger partial charge in [-0.15, -0.1) is 0 Å². The molecule has 19 heavy (non-hydrogen) atoms. The highest BCUT2D eigenvalue weighted by Gasteiger charge is 2.38. The van der Waals surface area contributed by atoms with Crippen molar-refractivity contribution in [3.8, 4) is 0 Å². The number of thioether (sulfide) groups is 1. The van der Waals surface area contributed by atoms with Crippen molar-refractivity contribution >= 4 is 34.5 Å². The van der Waals surface area contributed by atoms with Gasteiger partial charge in [0, 0.05) is 5.69 Å². The highest BCUT2D eigenvalue weighted by Crippen LogP contribution is 2.26. The normalized spacial score (nSPS) is 20.0. The molecule has 1 aromatic rings. The van der Waals surface area contributed by atoms with Crippen molar-refractivity contribution in [1.82, 2.24) is 5.32 Å². The van der Waals surface area contributed by atoms with Crippen LogP contribution in [0.1, 0.15) is 6.92 Å². The Labute approximate surface area is 112 Å².